The van der Waals surface area contributed by atoms with Gasteiger partial charge in [0.05, 0.1) is 13.5 Å². The molecule has 1 aliphatic rings. The SMILES string of the molecule is COC(=O)C/C=C/CCC(C)c1cc(O)c(C(=O)C(C)=Cc2cnc(N3CCCCC3)s2)c(=O)o1. The molecule has 0 saturated carbocycles. The highest BCUT2D eigenvalue weighted by Gasteiger charge is 2.22. The second-order valence-electron chi connectivity index (χ2n) is 8.68. The minimum absolute atomic E-state index is 0.164. The number of thiazole rings is 1. The van der Waals surface area contributed by atoms with E-state index in [2.05, 4.69) is 14.6 Å². The maximum atomic E-state index is 12.9. The summed E-state index contributed by atoms with van der Waals surface area (Å²) in [6, 6.07) is 1.34. The molecule has 0 radical (unpaired) electrons. The van der Waals surface area contributed by atoms with Crippen LogP contribution in [0.3, 0.4) is 0 Å². The third-order valence-corrected chi connectivity index (χ3v) is 6.97. The van der Waals surface area contributed by atoms with Crippen molar-refractivity contribution in [3.8, 4) is 5.75 Å². The number of ketones is 1. The average Bonchev–Trinajstić information content (AvgIpc) is 3.31. The Labute approximate surface area is 208 Å². The van der Waals surface area contributed by atoms with E-state index in [1.54, 1.807) is 25.3 Å². The number of Topliss-reactive ketones (excluding diaryl/α,β-unsaturated/α-hetero) is 1. The maximum absolute atomic E-state index is 12.9. The van der Waals surface area contributed by atoms with Crippen LogP contribution in [0, 0.1) is 0 Å². The number of aromatic nitrogens is 1. The minimum atomic E-state index is -0.857. The number of carbonyl (C=O) groups is 2. The van der Waals surface area contributed by atoms with E-state index >= 15 is 0 Å². The third kappa shape index (κ3) is 7.14. The van der Waals surface area contributed by atoms with Gasteiger partial charge in [0.2, 0.25) is 0 Å². The number of rotatable bonds is 10. The molecule has 0 aliphatic carbocycles. The summed E-state index contributed by atoms with van der Waals surface area (Å²) >= 11 is 1.50. The number of allylic oxidation sites excluding steroid dienone is 2. The molecule has 0 aromatic carbocycles. The molecule has 1 saturated heterocycles. The summed E-state index contributed by atoms with van der Waals surface area (Å²) in [4.78, 5) is 44.2. The smallest absolute Gasteiger partial charge is 0.351 e. The van der Waals surface area contributed by atoms with Crippen molar-refractivity contribution in [2.45, 2.75) is 58.3 Å². The molecule has 0 amide bonds. The Balaban J connectivity index is 1.67. The van der Waals surface area contributed by atoms with Crippen molar-refractivity contribution in [1.29, 1.82) is 0 Å². The van der Waals surface area contributed by atoms with Gasteiger partial charge in [-0.15, -0.1) is 0 Å². The van der Waals surface area contributed by atoms with Crippen LogP contribution in [0.15, 0.2) is 39.2 Å². The molecule has 0 bridgehead atoms. The fourth-order valence-corrected chi connectivity index (χ4v) is 4.84. The van der Waals surface area contributed by atoms with E-state index in [4.69, 9.17) is 4.42 Å². The molecule has 1 atom stereocenters. The van der Waals surface area contributed by atoms with Crippen molar-refractivity contribution in [3.05, 3.63) is 56.6 Å². The molecular formula is C26H32N2O6S. The van der Waals surface area contributed by atoms with Gasteiger partial charge in [-0.2, -0.15) is 0 Å². The van der Waals surface area contributed by atoms with Crippen LogP contribution in [0.4, 0.5) is 5.13 Å². The Morgan fingerprint density at radius 1 is 1.29 bits per heavy atom. The standard InChI is InChI=1S/C26H32N2O6S/c1-17(10-6-4-7-11-22(30)33-3)21-15-20(29)23(25(32)34-21)24(31)18(2)14-19-16-27-26(35-19)28-12-8-5-9-13-28/h4,7,14-17,29H,5-6,8-13H2,1-3H3/b7-4+,18-14?. The molecule has 3 rings (SSSR count). The van der Waals surface area contributed by atoms with E-state index in [1.165, 1.54) is 30.9 Å². The lowest BCUT2D eigenvalue weighted by Crippen LogP contribution is -2.29. The number of carbonyl (C=O) groups excluding carboxylic acids is 2. The highest BCUT2D eigenvalue weighted by molar-refractivity contribution is 7.16. The van der Waals surface area contributed by atoms with E-state index < -0.39 is 11.4 Å². The average molecular weight is 501 g/mol. The van der Waals surface area contributed by atoms with E-state index in [0.717, 1.165) is 35.9 Å². The highest BCUT2D eigenvalue weighted by atomic mass is 32.1. The summed E-state index contributed by atoms with van der Waals surface area (Å²) in [5, 5.41) is 11.4. The van der Waals surface area contributed by atoms with Crippen molar-refractivity contribution in [1.82, 2.24) is 4.98 Å². The first-order valence-electron chi connectivity index (χ1n) is 11.8. The molecule has 1 aliphatic heterocycles. The van der Waals surface area contributed by atoms with Gasteiger partial charge in [0.1, 0.15) is 17.1 Å². The monoisotopic (exact) mass is 500 g/mol. The zero-order chi connectivity index (χ0) is 25.4. The van der Waals surface area contributed by atoms with Crippen molar-refractivity contribution in [3.63, 3.8) is 0 Å². The number of nitrogens with zero attached hydrogens (tertiary/aromatic N) is 2. The number of ether oxygens (including phenoxy) is 1. The summed E-state index contributed by atoms with van der Waals surface area (Å²) < 4.78 is 9.97. The number of methoxy groups -OCH3 is 1. The zero-order valence-electron chi connectivity index (χ0n) is 20.4. The Morgan fingerprint density at radius 3 is 2.71 bits per heavy atom. The van der Waals surface area contributed by atoms with Gasteiger partial charge >= 0.3 is 11.6 Å². The zero-order valence-corrected chi connectivity index (χ0v) is 21.2. The number of esters is 1. The van der Waals surface area contributed by atoms with E-state index in [1.807, 2.05) is 13.0 Å². The lowest BCUT2D eigenvalue weighted by atomic mass is 9.99. The number of hydrogen-bond acceptors (Lipinski definition) is 9. The van der Waals surface area contributed by atoms with Crippen LogP contribution in [-0.4, -0.2) is 42.0 Å². The molecule has 8 nitrogen and oxygen atoms in total. The van der Waals surface area contributed by atoms with Crippen molar-refractivity contribution >= 4 is 34.3 Å². The largest absolute Gasteiger partial charge is 0.507 e. The van der Waals surface area contributed by atoms with Gasteiger partial charge in [0.25, 0.3) is 0 Å². The van der Waals surface area contributed by atoms with Gasteiger partial charge < -0.3 is 19.2 Å². The van der Waals surface area contributed by atoms with Crippen LogP contribution in [0.2, 0.25) is 0 Å². The van der Waals surface area contributed by atoms with Crippen molar-refractivity contribution < 1.29 is 23.8 Å². The first kappa shape index (κ1) is 26.4. The lowest BCUT2D eigenvalue weighted by Gasteiger charge is -2.25. The van der Waals surface area contributed by atoms with Gasteiger partial charge in [-0.25, -0.2) is 9.78 Å². The summed E-state index contributed by atoms with van der Waals surface area (Å²) in [7, 11) is 1.34. The number of anilines is 1. The number of piperidine rings is 1. The van der Waals surface area contributed by atoms with Crippen LogP contribution < -0.4 is 10.5 Å². The van der Waals surface area contributed by atoms with Gasteiger partial charge in [0.15, 0.2) is 10.9 Å². The molecule has 188 valence electrons. The molecule has 1 unspecified atom stereocenters. The second-order valence-corrected chi connectivity index (χ2v) is 9.72. The summed E-state index contributed by atoms with van der Waals surface area (Å²) in [6.07, 6.45) is 12.0. The molecule has 0 spiro atoms. The fourth-order valence-electron chi connectivity index (χ4n) is 3.87. The second kappa shape index (κ2) is 12.5. The normalized spacial score (nSPS) is 15.4. The predicted octanol–water partition coefficient (Wildman–Crippen LogP) is 5.08. The van der Waals surface area contributed by atoms with Crippen molar-refractivity contribution in [2.75, 3.05) is 25.1 Å². The summed E-state index contributed by atoms with van der Waals surface area (Å²) in [5.74, 6) is -1.13. The van der Waals surface area contributed by atoms with E-state index in [9.17, 15) is 19.5 Å². The van der Waals surface area contributed by atoms with Gasteiger partial charge in [0, 0.05) is 36.1 Å². The minimum Gasteiger partial charge on any atom is -0.507 e. The molecule has 2 aromatic heterocycles. The summed E-state index contributed by atoms with van der Waals surface area (Å²) in [6.45, 7) is 5.44. The van der Waals surface area contributed by atoms with Crippen molar-refractivity contribution in [2.24, 2.45) is 0 Å². The number of aromatic hydroxyl groups is 1. The van der Waals surface area contributed by atoms with Crippen LogP contribution in [0.1, 0.15) is 79.3 Å². The van der Waals surface area contributed by atoms with Gasteiger partial charge in [-0.1, -0.05) is 30.4 Å². The first-order chi connectivity index (χ1) is 16.8. The predicted molar refractivity (Wildman–Crippen MR) is 136 cm³/mol. The molecule has 2 aromatic rings. The molecule has 35 heavy (non-hydrogen) atoms. The van der Waals surface area contributed by atoms with Gasteiger partial charge in [-0.05, 0) is 50.7 Å². The highest BCUT2D eigenvalue weighted by Crippen LogP contribution is 2.29. The maximum Gasteiger partial charge on any atom is 0.351 e. The Hall–Kier alpha value is -3.20. The topological polar surface area (TPSA) is 110 Å². The fraction of sp³-hybridized carbons (Fsp3) is 0.462. The molecule has 1 N–H and O–H groups in total. The Bertz CT molecular complexity index is 1160. The Kier molecular flexibility index (Phi) is 9.42. The Morgan fingerprint density at radius 2 is 2.03 bits per heavy atom. The number of hydrogen-bond donors (Lipinski definition) is 1. The van der Waals surface area contributed by atoms with Crippen LogP contribution >= 0.6 is 11.3 Å². The van der Waals surface area contributed by atoms with E-state index in [0.29, 0.717) is 24.2 Å². The molecular weight excluding hydrogens is 468 g/mol. The molecule has 1 fully saturated rings. The van der Waals surface area contributed by atoms with Crippen LogP contribution in [0.25, 0.3) is 6.08 Å². The summed E-state index contributed by atoms with van der Waals surface area (Å²) in [5.41, 5.74) is -0.907. The van der Waals surface area contributed by atoms with Gasteiger partial charge in [-0.3, -0.25) is 9.59 Å². The van der Waals surface area contributed by atoms with Crippen LogP contribution in [-0.2, 0) is 9.53 Å². The van der Waals surface area contributed by atoms with E-state index in [-0.39, 0.29) is 29.6 Å². The quantitative estimate of drug-likeness (QED) is 0.208. The third-order valence-electron chi connectivity index (χ3n) is 5.96. The van der Waals surface area contributed by atoms with Crippen LogP contribution in [0.5, 0.6) is 5.75 Å². The molecule has 9 heteroatoms. The lowest BCUT2D eigenvalue weighted by molar-refractivity contribution is -0.139. The molecule has 3 heterocycles. The first-order valence-corrected chi connectivity index (χ1v) is 12.6.